The van der Waals surface area contributed by atoms with E-state index in [4.69, 9.17) is 0 Å². The summed E-state index contributed by atoms with van der Waals surface area (Å²) in [6.45, 7) is 0. The van der Waals surface area contributed by atoms with Gasteiger partial charge in [-0.05, 0) is 36.1 Å². The Bertz CT molecular complexity index is 622. The normalized spacial score (nSPS) is 11.2. The maximum Gasteiger partial charge on any atom is 0.236 e. The second-order valence-corrected chi connectivity index (χ2v) is 6.68. The number of anilines is 1. The van der Waals surface area contributed by atoms with Crippen LogP contribution in [0, 0.1) is 0 Å². The van der Waals surface area contributed by atoms with Crippen LogP contribution >= 0.6 is 11.8 Å². The van der Waals surface area contributed by atoms with Gasteiger partial charge in [0.25, 0.3) is 0 Å². The summed E-state index contributed by atoms with van der Waals surface area (Å²) < 4.78 is 26.6. The molecule has 0 saturated carbocycles. The van der Waals surface area contributed by atoms with Crippen molar-refractivity contribution in [1.29, 1.82) is 0 Å². The Morgan fingerprint density at radius 2 is 1.63 bits per heavy atom. The molecule has 0 amide bonds. The van der Waals surface area contributed by atoms with E-state index in [0.29, 0.717) is 5.69 Å². The van der Waals surface area contributed by atoms with E-state index in [1.54, 1.807) is 36.0 Å². The Balaban J connectivity index is 2.08. The van der Waals surface area contributed by atoms with Crippen LogP contribution in [-0.2, 0) is 15.8 Å². The van der Waals surface area contributed by atoms with Crippen LogP contribution in [0.4, 0.5) is 5.69 Å². The highest BCUT2D eigenvalue weighted by Gasteiger charge is 2.11. The molecule has 19 heavy (non-hydrogen) atoms. The average Bonchev–Trinajstić information content (AvgIpc) is 2.39. The number of hydrogen-bond donors (Lipinski definition) is 1. The van der Waals surface area contributed by atoms with Gasteiger partial charge in [0.2, 0.25) is 10.0 Å². The van der Waals surface area contributed by atoms with E-state index in [-0.39, 0.29) is 5.75 Å². The van der Waals surface area contributed by atoms with Crippen molar-refractivity contribution in [3.05, 3.63) is 60.2 Å². The van der Waals surface area contributed by atoms with Gasteiger partial charge < -0.3 is 0 Å². The molecule has 0 aromatic heterocycles. The van der Waals surface area contributed by atoms with Gasteiger partial charge in [-0.15, -0.1) is 11.8 Å². The predicted molar refractivity (Wildman–Crippen MR) is 80.9 cm³/mol. The Morgan fingerprint density at radius 1 is 1.00 bits per heavy atom. The second kappa shape index (κ2) is 6.12. The molecule has 2 aromatic rings. The van der Waals surface area contributed by atoms with E-state index in [9.17, 15) is 8.42 Å². The number of nitrogens with one attached hydrogen (secondary N) is 1. The van der Waals surface area contributed by atoms with E-state index in [1.165, 1.54) is 0 Å². The first-order valence-corrected chi connectivity index (χ1v) is 8.65. The molecule has 1 N–H and O–H groups in total. The molecule has 2 rings (SSSR count). The molecule has 0 spiro atoms. The van der Waals surface area contributed by atoms with Gasteiger partial charge >= 0.3 is 0 Å². The molecule has 0 aliphatic heterocycles. The van der Waals surface area contributed by atoms with Crippen molar-refractivity contribution in [3.63, 3.8) is 0 Å². The molecule has 0 bridgehead atoms. The van der Waals surface area contributed by atoms with E-state index in [0.717, 1.165) is 10.5 Å². The van der Waals surface area contributed by atoms with E-state index < -0.39 is 10.0 Å². The molecular weight excluding hydrogens is 278 g/mol. The van der Waals surface area contributed by atoms with Crippen molar-refractivity contribution in [2.75, 3.05) is 11.0 Å². The molecule has 5 heteroatoms. The van der Waals surface area contributed by atoms with Crippen LogP contribution in [0.25, 0.3) is 0 Å². The van der Waals surface area contributed by atoms with Gasteiger partial charge in [-0.1, -0.05) is 30.3 Å². The lowest BCUT2D eigenvalue weighted by Crippen LogP contribution is -2.14. The predicted octanol–water partition coefficient (Wildman–Crippen LogP) is 3.35. The molecule has 0 saturated heterocycles. The molecule has 0 atom stereocenters. The van der Waals surface area contributed by atoms with Crippen molar-refractivity contribution in [2.24, 2.45) is 0 Å². The highest BCUT2D eigenvalue weighted by Crippen LogP contribution is 2.19. The molecule has 0 aliphatic rings. The number of benzene rings is 2. The van der Waals surface area contributed by atoms with Gasteiger partial charge in [0.05, 0.1) is 5.75 Å². The maximum absolute atomic E-state index is 12.0. The fourth-order valence-electron chi connectivity index (χ4n) is 1.67. The fraction of sp³-hybridized carbons (Fsp3) is 0.143. The van der Waals surface area contributed by atoms with Gasteiger partial charge in [-0.3, -0.25) is 4.72 Å². The zero-order chi connectivity index (χ0) is 13.7. The van der Waals surface area contributed by atoms with Gasteiger partial charge in [-0.25, -0.2) is 8.42 Å². The van der Waals surface area contributed by atoms with Crippen LogP contribution in [-0.4, -0.2) is 14.7 Å². The van der Waals surface area contributed by atoms with Crippen LogP contribution in [0.1, 0.15) is 5.56 Å². The third-order valence-electron chi connectivity index (χ3n) is 2.56. The largest absolute Gasteiger partial charge is 0.283 e. The van der Waals surface area contributed by atoms with Crippen LogP contribution in [0.3, 0.4) is 0 Å². The summed E-state index contributed by atoms with van der Waals surface area (Å²) in [5, 5.41) is 0. The monoisotopic (exact) mass is 293 g/mol. The molecule has 0 heterocycles. The lowest BCUT2D eigenvalue weighted by molar-refractivity contribution is 0.600. The highest BCUT2D eigenvalue weighted by molar-refractivity contribution is 7.98. The van der Waals surface area contributed by atoms with E-state index in [1.807, 2.05) is 36.6 Å². The smallest absolute Gasteiger partial charge is 0.236 e. The molecular formula is C14H15NO2S2. The summed E-state index contributed by atoms with van der Waals surface area (Å²) >= 11 is 1.62. The molecule has 100 valence electrons. The van der Waals surface area contributed by atoms with Crippen LogP contribution in [0.2, 0.25) is 0 Å². The van der Waals surface area contributed by atoms with Crippen molar-refractivity contribution < 1.29 is 8.42 Å². The summed E-state index contributed by atoms with van der Waals surface area (Å²) in [6.07, 6.45) is 1.98. The average molecular weight is 293 g/mol. The zero-order valence-electron chi connectivity index (χ0n) is 10.5. The summed E-state index contributed by atoms with van der Waals surface area (Å²) in [4.78, 5) is 1.10. The Hall–Kier alpha value is -1.46. The van der Waals surface area contributed by atoms with Crippen LogP contribution in [0.5, 0.6) is 0 Å². The van der Waals surface area contributed by atoms with Gasteiger partial charge in [0.1, 0.15) is 0 Å². The van der Waals surface area contributed by atoms with Crippen molar-refractivity contribution >= 4 is 27.5 Å². The first kappa shape index (κ1) is 14.0. The standard InChI is InChI=1S/C14H15NO2S2/c1-18-14-9-7-13(8-10-14)15-19(16,17)11-12-5-3-2-4-6-12/h2-10,15H,11H2,1H3. The van der Waals surface area contributed by atoms with E-state index >= 15 is 0 Å². The minimum Gasteiger partial charge on any atom is -0.283 e. The molecule has 0 aliphatic carbocycles. The fourth-order valence-corrected chi connectivity index (χ4v) is 3.28. The minimum atomic E-state index is -3.36. The Labute approximate surface area is 118 Å². The maximum atomic E-state index is 12.0. The van der Waals surface area contributed by atoms with Crippen molar-refractivity contribution in [2.45, 2.75) is 10.6 Å². The molecule has 0 radical (unpaired) electrons. The zero-order valence-corrected chi connectivity index (χ0v) is 12.2. The third-order valence-corrected chi connectivity index (χ3v) is 4.57. The van der Waals surface area contributed by atoms with Gasteiger partial charge in [0.15, 0.2) is 0 Å². The summed E-state index contributed by atoms with van der Waals surface area (Å²) in [5.41, 5.74) is 1.37. The van der Waals surface area contributed by atoms with Crippen LogP contribution < -0.4 is 4.72 Å². The van der Waals surface area contributed by atoms with Crippen LogP contribution in [0.15, 0.2) is 59.5 Å². The first-order valence-electron chi connectivity index (χ1n) is 5.77. The van der Waals surface area contributed by atoms with Gasteiger partial charge in [0, 0.05) is 10.6 Å². The minimum absolute atomic E-state index is 0.0158. The SMILES string of the molecule is CSc1ccc(NS(=O)(=O)Cc2ccccc2)cc1. The quantitative estimate of drug-likeness (QED) is 0.860. The molecule has 2 aromatic carbocycles. The second-order valence-electron chi connectivity index (χ2n) is 4.08. The number of sulfonamides is 1. The molecule has 0 fully saturated rings. The third kappa shape index (κ3) is 4.29. The Morgan fingerprint density at radius 3 is 2.21 bits per heavy atom. The highest BCUT2D eigenvalue weighted by atomic mass is 32.2. The Kier molecular flexibility index (Phi) is 4.50. The topological polar surface area (TPSA) is 46.2 Å². The molecule has 0 unspecified atom stereocenters. The van der Waals surface area contributed by atoms with Crippen molar-refractivity contribution in [1.82, 2.24) is 0 Å². The van der Waals surface area contributed by atoms with Crippen molar-refractivity contribution in [3.8, 4) is 0 Å². The number of hydrogen-bond acceptors (Lipinski definition) is 3. The lowest BCUT2D eigenvalue weighted by atomic mass is 10.2. The first-order chi connectivity index (χ1) is 9.09. The number of rotatable bonds is 5. The summed E-state index contributed by atoms with van der Waals surface area (Å²) in [7, 11) is -3.36. The summed E-state index contributed by atoms with van der Waals surface area (Å²) in [6, 6.07) is 16.5. The lowest BCUT2D eigenvalue weighted by Gasteiger charge is -2.08. The number of thioether (sulfide) groups is 1. The molecule has 3 nitrogen and oxygen atoms in total. The van der Waals surface area contributed by atoms with Gasteiger partial charge in [-0.2, -0.15) is 0 Å². The summed E-state index contributed by atoms with van der Waals surface area (Å²) in [5.74, 6) is -0.0158. The van der Waals surface area contributed by atoms with E-state index in [2.05, 4.69) is 4.72 Å².